The zero-order valence-corrected chi connectivity index (χ0v) is 10.6. The lowest BCUT2D eigenvalue weighted by atomic mass is 10.2. The van der Waals surface area contributed by atoms with Gasteiger partial charge in [-0.05, 0) is 18.2 Å². The number of benzene rings is 1. The normalized spacial score (nSPS) is 10.6. The topological polar surface area (TPSA) is 96.5 Å². The van der Waals surface area contributed by atoms with Crippen molar-refractivity contribution in [2.24, 2.45) is 0 Å². The second kappa shape index (κ2) is 5.43. The first-order valence-electron chi connectivity index (χ1n) is 6.16. The number of fused-ring (bicyclic) bond motifs is 1. The van der Waals surface area contributed by atoms with Crippen molar-refractivity contribution < 1.29 is 4.79 Å². The quantitative estimate of drug-likeness (QED) is 0.726. The van der Waals surface area contributed by atoms with Gasteiger partial charge in [0.25, 0.3) is 5.91 Å². The highest BCUT2D eigenvalue weighted by Crippen LogP contribution is 2.10. The van der Waals surface area contributed by atoms with Gasteiger partial charge in [0.1, 0.15) is 12.2 Å². The van der Waals surface area contributed by atoms with Gasteiger partial charge in [-0.15, -0.1) is 0 Å². The summed E-state index contributed by atoms with van der Waals surface area (Å²) in [6.07, 6.45) is 5.28. The molecule has 100 valence electrons. The van der Waals surface area contributed by atoms with Gasteiger partial charge in [-0.25, -0.2) is 4.98 Å². The van der Waals surface area contributed by atoms with Crippen molar-refractivity contribution in [3.05, 3.63) is 48.3 Å². The maximum atomic E-state index is 12.0. The van der Waals surface area contributed by atoms with E-state index in [4.69, 9.17) is 0 Å². The number of nitrogens with one attached hydrogen (secondary N) is 2. The monoisotopic (exact) mass is 268 g/mol. The Morgan fingerprint density at radius 3 is 2.80 bits per heavy atom. The molecule has 20 heavy (non-hydrogen) atoms. The molecule has 0 saturated carbocycles. The van der Waals surface area contributed by atoms with Crippen LogP contribution in [0.4, 0.5) is 0 Å². The van der Waals surface area contributed by atoms with E-state index in [1.807, 2.05) is 0 Å². The highest BCUT2D eigenvalue weighted by Gasteiger charge is 2.07. The number of aromatic amines is 1. The van der Waals surface area contributed by atoms with E-state index >= 15 is 0 Å². The minimum Gasteiger partial charge on any atom is -0.352 e. The second-order valence-corrected chi connectivity index (χ2v) is 4.20. The van der Waals surface area contributed by atoms with Crippen LogP contribution in [0.3, 0.4) is 0 Å². The Hall–Kier alpha value is -2.83. The molecule has 3 aromatic rings. The van der Waals surface area contributed by atoms with Gasteiger partial charge in [-0.2, -0.15) is 5.10 Å². The summed E-state index contributed by atoms with van der Waals surface area (Å²) in [7, 11) is 0. The summed E-state index contributed by atoms with van der Waals surface area (Å²) in [5.41, 5.74) is 2.04. The maximum Gasteiger partial charge on any atom is 0.251 e. The number of hydrogen-bond donors (Lipinski definition) is 2. The van der Waals surface area contributed by atoms with Gasteiger partial charge in [0, 0.05) is 30.9 Å². The first-order chi connectivity index (χ1) is 9.83. The summed E-state index contributed by atoms with van der Waals surface area (Å²) in [5, 5.41) is 9.32. The van der Waals surface area contributed by atoms with Crippen molar-refractivity contribution in [1.82, 2.24) is 30.5 Å². The average Bonchev–Trinajstić information content (AvgIpc) is 3.00. The molecule has 0 aliphatic rings. The summed E-state index contributed by atoms with van der Waals surface area (Å²) < 4.78 is 0. The van der Waals surface area contributed by atoms with E-state index in [2.05, 4.69) is 30.5 Å². The Labute approximate surface area is 114 Å². The smallest absolute Gasteiger partial charge is 0.251 e. The third kappa shape index (κ3) is 2.61. The van der Waals surface area contributed by atoms with Crippen LogP contribution < -0.4 is 5.32 Å². The molecular formula is C13H12N6O. The van der Waals surface area contributed by atoms with E-state index in [9.17, 15) is 4.79 Å². The van der Waals surface area contributed by atoms with E-state index in [1.54, 1.807) is 30.6 Å². The highest BCUT2D eigenvalue weighted by atomic mass is 16.1. The van der Waals surface area contributed by atoms with Gasteiger partial charge in [-0.1, -0.05) is 0 Å². The van der Waals surface area contributed by atoms with E-state index in [-0.39, 0.29) is 5.91 Å². The minimum atomic E-state index is -0.142. The SMILES string of the molecule is O=C(NCCc1ncn[nH]1)c1ccc2nccnc2c1. The van der Waals surface area contributed by atoms with Crippen molar-refractivity contribution in [2.45, 2.75) is 6.42 Å². The predicted molar refractivity (Wildman–Crippen MR) is 72.0 cm³/mol. The Balaban J connectivity index is 1.66. The van der Waals surface area contributed by atoms with Crippen LogP contribution in [-0.2, 0) is 6.42 Å². The molecule has 1 amide bonds. The van der Waals surface area contributed by atoms with Crippen molar-refractivity contribution in [3.8, 4) is 0 Å². The molecule has 2 N–H and O–H groups in total. The molecule has 2 aromatic heterocycles. The Kier molecular flexibility index (Phi) is 3.32. The Morgan fingerprint density at radius 1 is 1.15 bits per heavy atom. The van der Waals surface area contributed by atoms with E-state index in [0.29, 0.717) is 24.0 Å². The van der Waals surface area contributed by atoms with E-state index in [0.717, 1.165) is 11.3 Å². The maximum absolute atomic E-state index is 12.0. The number of carbonyl (C=O) groups is 1. The van der Waals surface area contributed by atoms with Crippen molar-refractivity contribution in [1.29, 1.82) is 0 Å². The van der Waals surface area contributed by atoms with Gasteiger partial charge in [0.15, 0.2) is 0 Å². The average molecular weight is 268 g/mol. The Morgan fingerprint density at radius 2 is 2.00 bits per heavy atom. The summed E-state index contributed by atoms with van der Waals surface area (Å²) in [6.45, 7) is 0.493. The number of nitrogens with zero attached hydrogens (tertiary/aromatic N) is 4. The molecule has 3 rings (SSSR count). The van der Waals surface area contributed by atoms with Crippen LogP contribution in [-0.4, -0.2) is 37.6 Å². The van der Waals surface area contributed by atoms with Crippen LogP contribution in [0.25, 0.3) is 11.0 Å². The molecule has 2 heterocycles. The molecule has 0 saturated heterocycles. The van der Waals surface area contributed by atoms with Crippen LogP contribution in [0, 0.1) is 0 Å². The zero-order chi connectivity index (χ0) is 13.8. The summed E-state index contributed by atoms with van der Waals surface area (Å²) in [4.78, 5) is 24.3. The first-order valence-corrected chi connectivity index (χ1v) is 6.16. The van der Waals surface area contributed by atoms with Crippen molar-refractivity contribution in [3.63, 3.8) is 0 Å². The zero-order valence-electron chi connectivity index (χ0n) is 10.6. The van der Waals surface area contributed by atoms with Gasteiger partial charge < -0.3 is 5.32 Å². The predicted octanol–water partition coefficient (Wildman–Crippen LogP) is 0.720. The highest BCUT2D eigenvalue weighted by molar-refractivity contribution is 5.97. The third-order valence-electron chi connectivity index (χ3n) is 2.84. The van der Waals surface area contributed by atoms with Crippen LogP contribution in [0.1, 0.15) is 16.2 Å². The van der Waals surface area contributed by atoms with Gasteiger partial charge in [0.2, 0.25) is 0 Å². The van der Waals surface area contributed by atoms with E-state index in [1.165, 1.54) is 6.33 Å². The van der Waals surface area contributed by atoms with Gasteiger partial charge in [0.05, 0.1) is 11.0 Å². The van der Waals surface area contributed by atoms with Crippen LogP contribution >= 0.6 is 0 Å². The number of hydrogen-bond acceptors (Lipinski definition) is 5. The van der Waals surface area contributed by atoms with E-state index < -0.39 is 0 Å². The van der Waals surface area contributed by atoms with Crippen LogP contribution in [0.2, 0.25) is 0 Å². The lowest BCUT2D eigenvalue weighted by Crippen LogP contribution is -2.25. The van der Waals surface area contributed by atoms with Crippen LogP contribution in [0.5, 0.6) is 0 Å². The Bertz CT molecular complexity index is 725. The summed E-state index contributed by atoms with van der Waals surface area (Å²) >= 11 is 0. The standard InChI is InChI=1S/C13H12N6O/c20-13(16-4-3-12-17-8-18-19-12)9-1-2-10-11(7-9)15-6-5-14-10/h1-2,5-8H,3-4H2,(H,16,20)(H,17,18,19). The molecule has 0 aliphatic carbocycles. The third-order valence-corrected chi connectivity index (χ3v) is 2.84. The van der Waals surface area contributed by atoms with Gasteiger partial charge >= 0.3 is 0 Å². The van der Waals surface area contributed by atoms with Crippen molar-refractivity contribution >= 4 is 16.9 Å². The second-order valence-electron chi connectivity index (χ2n) is 4.20. The fourth-order valence-corrected chi connectivity index (χ4v) is 1.85. The molecule has 0 aliphatic heterocycles. The molecule has 0 radical (unpaired) electrons. The molecule has 0 spiro atoms. The largest absolute Gasteiger partial charge is 0.352 e. The lowest BCUT2D eigenvalue weighted by molar-refractivity contribution is 0.0954. The molecule has 1 aromatic carbocycles. The molecule has 0 bridgehead atoms. The molecule has 0 unspecified atom stereocenters. The van der Waals surface area contributed by atoms with Gasteiger partial charge in [-0.3, -0.25) is 19.9 Å². The number of amides is 1. The number of rotatable bonds is 4. The molecule has 0 atom stereocenters. The molecule has 0 fully saturated rings. The molecule has 7 nitrogen and oxygen atoms in total. The molecular weight excluding hydrogens is 256 g/mol. The summed E-state index contributed by atoms with van der Waals surface area (Å²) in [5.74, 6) is 0.603. The minimum absolute atomic E-state index is 0.142. The fourth-order valence-electron chi connectivity index (χ4n) is 1.85. The number of carbonyl (C=O) groups excluding carboxylic acids is 1. The number of H-pyrrole nitrogens is 1. The lowest BCUT2D eigenvalue weighted by Gasteiger charge is -2.04. The van der Waals surface area contributed by atoms with Crippen LogP contribution in [0.15, 0.2) is 36.9 Å². The first kappa shape index (κ1) is 12.2. The molecule has 7 heteroatoms. The fraction of sp³-hybridized carbons (Fsp3) is 0.154. The number of aromatic nitrogens is 5. The van der Waals surface area contributed by atoms with Crippen molar-refractivity contribution in [2.75, 3.05) is 6.54 Å². The summed E-state index contributed by atoms with van der Waals surface area (Å²) in [6, 6.07) is 5.25.